The molecule has 6 N–H and O–H groups in total. The highest BCUT2D eigenvalue weighted by atomic mass is 19.1. The molecule has 1 unspecified atom stereocenters. The van der Waals surface area contributed by atoms with Crippen LogP contribution in [0.25, 0.3) is 0 Å². The van der Waals surface area contributed by atoms with E-state index < -0.39 is 36.4 Å². The van der Waals surface area contributed by atoms with Gasteiger partial charge in [0.15, 0.2) is 0 Å². The number of amides is 1. The predicted octanol–water partition coefficient (Wildman–Crippen LogP) is -0.0818. The monoisotopic (exact) mass is 359 g/mol. The minimum absolute atomic E-state index is 0.0424. The molecule has 1 rings (SSSR count). The number of carbonyl (C=O) groups excluding carboxylic acids is 1. The van der Waals surface area contributed by atoms with Crippen molar-refractivity contribution in [2.75, 3.05) is 19.7 Å². The van der Waals surface area contributed by atoms with Gasteiger partial charge in [-0.25, -0.2) is 8.78 Å². The fourth-order valence-corrected chi connectivity index (χ4v) is 2.22. The summed E-state index contributed by atoms with van der Waals surface area (Å²) in [7, 11) is 0. The van der Waals surface area contributed by atoms with Gasteiger partial charge in [0, 0.05) is 25.2 Å². The summed E-state index contributed by atoms with van der Waals surface area (Å²) < 4.78 is 26.3. The SMILES string of the molecule is CC(C)CNC(=O)C(CO)NC[C@@H](O)[C@@H](N)Cc1cc(F)cc(F)c1. The Hall–Kier alpha value is -1.61. The van der Waals surface area contributed by atoms with E-state index in [1.54, 1.807) is 0 Å². The minimum atomic E-state index is -1.06. The highest BCUT2D eigenvalue weighted by Gasteiger charge is 2.21. The first kappa shape index (κ1) is 21.4. The third-order valence-corrected chi connectivity index (χ3v) is 3.64. The molecule has 3 atom stereocenters. The van der Waals surface area contributed by atoms with E-state index >= 15 is 0 Å². The van der Waals surface area contributed by atoms with Crippen LogP contribution in [0.15, 0.2) is 18.2 Å². The topological polar surface area (TPSA) is 108 Å². The molecule has 0 saturated heterocycles. The number of benzene rings is 1. The lowest BCUT2D eigenvalue weighted by atomic mass is 10.0. The third kappa shape index (κ3) is 7.87. The van der Waals surface area contributed by atoms with Crippen LogP contribution in [0.2, 0.25) is 0 Å². The van der Waals surface area contributed by atoms with E-state index in [1.807, 2.05) is 13.8 Å². The maximum absolute atomic E-state index is 13.2. The van der Waals surface area contributed by atoms with Gasteiger partial charge in [0.1, 0.15) is 17.7 Å². The van der Waals surface area contributed by atoms with E-state index in [0.29, 0.717) is 12.1 Å². The lowest BCUT2D eigenvalue weighted by molar-refractivity contribution is -0.124. The molecule has 0 heterocycles. The highest BCUT2D eigenvalue weighted by Crippen LogP contribution is 2.10. The number of aliphatic hydroxyl groups excluding tert-OH is 2. The van der Waals surface area contributed by atoms with Crippen LogP contribution in [-0.4, -0.2) is 54.0 Å². The maximum Gasteiger partial charge on any atom is 0.239 e. The first-order valence-corrected chi connectivity index (χ1v) is 8.23. The van der Waals surface area contributed by atoms with Crippen molar-refractivity contribution in [3.8, 4) is 0 Å². The van der Waals surface area contributed by atoms with Crippen LogP contribution >= 0.6 is 0 Å². The Morgan fingerprint density at radius 2 is 1.80 bits per heavy atom. The lowest BCUT2D eigenvalue weighted by Gasteiger charge is -2.23. The second-order valence-electron chi connectivity index (χ2n) is 6.50. The largest absolute Gasteiger partial charge is 0.394 e. The molecule has 6 nitrogen and oxygen atoms in total. The Balaban J connectivity index is 2.50. The van der Waals surface area contributed by atoms with Gasteiger partial charge in [-0.1, -0.05) is 13.8 Å². The molecule has 1 amide bonds. The van der Waals surface area contributed by atoms with Crippen LogP contribution in [0.3, 0.4) is 0 Å². The van der Waals surface area contributed by atoms with Crippen LogP contribution in [0.5, 0.6) is 0 Å². The van der Waals surface area contributed by atoms with E-state index in [1.165, 1.54) is 0 Å². The van der Waals surface area contributed by atoms with E-state index in [2.05, 4.69) is 10.6 Å². The number of hydrogen-bond donors (Lipinski definition) is 5. The van der Waals surface area contributed by atoms with Gasteiger partial charge in [-0.15, -0.1) is 0 Å². The zero-order valence-corrected chi connectivity index (χ0v) is 14.5. The van der Waals surface area contributed by atoms with Gasteiger partial charge < -0.3 is 26.6 Å². The van der Waals surface area contributed by atoms with Crippen molar-refractivity contribution in [3.05, 3.63) is 35.4 Å². The number of nitrogens with two attached hydrogens (primary N) is 1. The molecule has 142 valence electrons. The van der Waals surface area contributed by atoms with Gasteiger partial charge in [0.05, 0.1) is 12.7 Å². The average molecular weight is 359 g/mol. The summed E-state index contributed by atoms with van der Waals surface area (Å²) >= 11 is 0. The van der Waals surface area contributed by atoms with Gasteiger partial charge in [0.25, 0.3) is 0 Å². The lowest BCUT2D eigenvalue weighted by Crippen LogP contribution is -2.52. The predicted molar refractivity (Wildman–Crippen MR) is 90.8 cm³/mol. The molecule has 0 aliphatic rings. The van der Waals surface area contributed by atoms with Crippen molar-refractivity contribution in [1.29, 1.82) is 0 Å². The number of aliphatic hydroxyl groups is 2. The summed E-state index contributed by atoms with van der Waals surface area (Å²) in [5.41, 5.74) is 6.18. The summed E-state index contributed by atoms with van der Waals surface area (Å²) in [4.78, 5) is 11.9. The summed E-state index contributed by atoms with van der Waals surface area (Å²) in [5, 5.41) is 24.8. The number of halogens is 2. The Morgan fingerprint density at radius 3 is 2.32 bits per heavy atom. The summed E-state index contributed by atoms with van der Waals surface area (Å²) in [6.07, 6.45) is -0.987. The van der Waals surface area contributed by atoms with Gasteiger partial charge in [-0.3, -0.25) is 4.79 Å². The molecule has 0 aliphatic heterocycles. The summed E-state index contributed by atoms with van der Waals surface area (Å²) in [5.74, 6) is -1.52. The standard InChI is InChI=1S/C17H27F2N3O3/c1-10(2)7-22-17(25)15(9-23)21-8-16(24)14(20)5-11-3-12(18)6-13(19)4-11/h3-4,6,10,14-16,21,23-24H,5,7-9,20H2,1-2H3,(H,22,25)/t14-,15?,16+/m0/s1. The molecule has 25 heavy (non-hydrogen) atoms. The van der Waals surface area contributed by atoms with Crippen molar-refractivity contribution in [3.63, 3.8) is 0 Å². The third-order valence-electron chi connectivity index (χ3n) is 3.64. The summed E-state index contributed by atoms with van der Waals surface area (Å²) in [6, 6.07) is 1.41. The van der Waals surface area contributed by atoms with Gasteiger partial charge >= 0.3 is 0 Å². The van der Waals surface area contributed by atoms with Gasteiger partial charge in [-0.2, -0.15) is 0 Å². The van der Waals surface area contributed by atoms with E-state index in [9.17, 15) is 23.8 Å². The van der Waals surface area contributed by atoms with Crippen LogP contribution in [0, 0.1) is 17.6 Å². The summed E-state index contributed by atoms with van der Waals surface area (Å²) in [6.45, 7) is 3.89. The van der Waals surface area contributed by atoms with Crippen molar-refractivity contribution >= 4 is 5.91 Å². The Bertz CT molecular complexity index is 538. The van der Waals surface area contributed by atoms with Crippen LogP contribution in [0.1, 0.15) is 19.4 Å². The van der Waals surface area contributed by atoms with Crippen molar-refractivity contribution < 1.29 is 23.8 Å². The normalized spacial score (nSPS) is 15.0. The molecule has 0 saturated carbocycles. The number of rotatable bonds is 10. The smallest absolute Gasteiger partial charge is 0.239 e. The van der Waals surface area contributed by atoms with Crippen LogP contribution in [0.4, 0.5) is 8.78 Å². The molecule has 1 aromatic rings. The van der Waals surface area contributed by atoms with Crippen LogP contribution in [-0.2, 0) is 11.2 Å². The molecule has 0 spiro atoms. The molecular weight excluding hydrogens is 332 g/mol. The molecule has 8 heteroatoms. The molecule has 0 aliphatic carbocycles. The first-order chi connectivity index (χ1) is 11.7. The average Bonchev–Trinajstić information content (AvgIpc) is 2.52. The fourth-order valence-electron chi connectivity index (χ4n) is 2.22. The van der Waals surface area contributed by atoms with Crippen molar-refractivity contribution in [1.82, 2.24) is 10.6 Å². The Kier molecular flexibility index (Phi) is 8.91. The van der Waals surface area contributed by atoms with Crippen molar-refractivity contribution in [2.45, 2.75) is 38.5 Å². The van der Waals surface area contributed by atoms with E-state index in [4.69, 9.17) is 5.73 Å². The fraction of sp³-hybridized carbons (Fsp3) is 0.588. The maximum atomic E-state index is 13.2. The van der Waals surface area contributed by atoms with Gasteiger partial charge in [-0.05, 0) is 30.0 Å². The molecule has 0 aromatic heterocycles. The zero-order chi connectivity index (χ0) is 19.0. The number of nitrogens with one attached hydrogen (secondary N) is 2. The minimum Gasteiger partial charge on any atom is -0.394 e. The number of hydrogen-bond acceptors (Lipinski definition) is 5. The van der Waals surface area contributed by atoms with E-state index in [-0.39, 0.29) is 24.8 Å². The zero-order valence-electron chi connectivity index (χ0n) is 14.5. The molecule has 0 radical (unpaired) electrons. The molecule has 0 fully saturated rings. The highest BCUT2D eigenvalue weighted by molar-refractivity contribution is 5.81. The van der Waals surface area contributed by atoms with Crippen LogP contribution < -0.4 is 16.4 Å². The van der Waals surface area contributed by atoms with Crippen molar-refractivity contribution in [2.24, 2.45) is 11.7 Å². The first-order valence-electron chi connectivity index (χ1n) is 8.23. The Labute approximate surface area is 146 Å². The molecule has 1 aromatic carbocycles. The second kappa shape index (κ2) is 10.4. The quantitative estimate of drug-likeness (QED) is 0.402. The molecule has 0 bridgehead atoms. The number of carbonyl (C=O) groups is 1. The molecular formula is C17H27F2N3O3. The van der Waals surface area contributed by atoms with E-state index in [0.717, 1.165) is 18.2 Å². The van der Waals surface area contributed by atoms with Gasteiger partial charge in [0.2, 0.25) is 5.91 Å². The Morgan fingerprint density at radius 1 is 1.20 bits per heavy atom. The second-order valence-corrected chi connectivity index (χ2v) is 6.50.